The summed E-state index contributed by atoms with van der Waals surface area (Å²) in [6.07, 6.45) is 13.7. The highest BCUT2D eigenvalue weighted by Gasteiger charge is 2.47. The molecule has 120 valence electrons. The van der Waals surface area contributed by atoms with Crippen LogP contribution in [0.4, 0.5) is 0 Å². The Balaban J connectivity index is 2.24. The highest BCUT2D eigenvalue weighted by atomic mass is 16.6. The van der Waals surface area contributed by atoms with Crippen LogP contribution in [0.25, 0.3) is 0 Å². The molecule has 0 N–H and O–H groups in total. The first kappa shape index (κ1) is 16.6. The fourth-order valence-electron chi connectivity index (χ4n) is 4.59. The van der Waals surface area contributed by atoms with Crippen molar-refractivity contribution in [2.75, 3.05) is 0 Å². The van der Waals surface area contributed by atoms with Gasteiger partial charge in [-0.15, -0.1) is 0 Å². The van der Waals surface area contributed by atoms with Gasteiger partial charge in [-0.1, -0.05) is 52.0 Å². The summed E-state index contributed by atoms with van der Waals surface area (Å²) < 4.78 is 6.19. The number of hydrogen-bond donors (Lipinski definition) is 0. The quantitative estimate of drug-likeness (QED) is 0.500. The Morgan fingerprint density at radius 3 is 1.76 bits per heavy atom. The fraction of sp³-hybridized carbons (Fsp3) is 0.842. The summed E-state index contributed by atoms with van der Waals surface area (Å²) in [5.74, 6) is 0.943. The monoisotopic (exact) mass is 292 g/mol. The molecule has 0 radical (unpaired) electrons. The van der Waals surface area contributed by atoms with Crippen molar-refractivity contribution in [1.29, 1.82) is 0 Å². The third-order valence-electron chi connectivity index (χ3n) is 5.78. The average molecular weight is 292 g/mol. The van der Waals surface area contributed by atoms with Gasteiger partial charge in [-0.25, -0.2) is 4.79 Å². The van der Waals surface area contributed by atoms with Crippen molar-refractivity contribution in [1.82, 2.24) is 0 Å². The van der Waals surface area contributed by atoms with E-state index in [1.165, 1.54) is 64.2 Å². The van der Waals surface area contributed by atoms with Gasteiger partial charge in [0.15, 0.2) is 0 Å². The van der Waals surface area contributed by atoms with Crippen LogP contribution in [-0.4, -0.2) is 11.6 Å². The van der Waals surface area contributed by atoms with E-state index >= 15 is 0 Å². The molecule has 2 heteroatoms. The molecule has 0 aliphatic heterocycles. The third-order valence-corrected chi connectivity index (χ3v) is 5.78. The Morgan fingerprint density at radius 2 is 1.43 bits per heavy atom. The summed E-state index contributed by atoms with van der Waals surface area (Å²) in [4.78, 5) is 12.3. The van der Waals surface area contributed by atoms with E-state index in [1.807, 2.05) is 0 Å². The Hall–Kier alpha value is -0.790. The molecular weight excluding hydrogens is 260 g/mol. The van der Waals surface area contributed by atoms with Gasteiger partial charge in [0.2, 0.25) is 0 Å². The van der Waals surface area contributed by atoms with Crippen LogP contribution in [0.5, 0.6) is 0 Å². The van der Waals surface area contributed by atoms with E-state index in [-0.39, 0.29) is 11.6 Å². The SMILES string of the molecule is C=C(C)C(=O)OC(CC)(C1CCCCC1)C1CCCCC1. The summed E-state index contributed by atoms with van der Waals surface area (Å²) in [5, 5.41) is 0. The number of ether oxygens (including phenoxy) is 1. The molecule has 2 rings (SSSR count). The summed E-state index contributed by atoms with van der Waals surface area (Å²) in [6.45, 7) is 7.77. The maximum Gasteiger partial charge on any atom is 0.333 e. The van der Waals surface area contributed by atoms with E-state index in [1.54, 1.807) is 6.92 Å². The molecule has 0 aromatic rings. The zero-order valence-corrected chi connectivity index (χ0v) is 14.0. The summed E-state index contributed by atoms with van der Waals surface area (Å²) >= 11 is 0. The lowest BCUT2D eigenvalue weighted by atomic mass is 9.65. The summed E-state index contributed by atoms with van der Waals surface area (Å²) in [6, 6.07) is 0. The molecule has 2 fully saturated rings. The van der Waals surface area contributed by atoms with Crippen LogP contribution in [0.3, 0.4) is 0 Å². The molecule has 0 heterocycles. The van der Waals surface area contributed by atoms with Gasteiger partial charge in [-0.2, -0.15) is 0 Å². The van der Waals surface area contributed by atoms with Crippen LogP contribution in [0.1, 0.15) is 84.5 Å². The minimum atomic E-state index is -0.225. The molecule has 0 saturated heterocycles. The predicted octanol–water partition coefficient (Wildman–Crippen LogP) is 5.42. The van der Waals surface area contributed by atoms with Crippen LogP contribution in [0.2, 0.25) is 0 Å². The van der Waals surface area contributed by atoms with E-state index in [0.29, 0.717) is 17.4 Å². The van der Waals surface area contributed by atoms with Gasteiger partial charge < -0.3 is 4.74 Å². The van der Waals surface area contributed by atoms with Crippen LogP contribution in [0.15, 0.2) is 12.2 Å². The van der Waals surface area contributed by atoms with E-state index in [2.05, 4.69) is 13.5 Å². The summed E-state index contributed by atoms with van der Waals surface area (Å²) in [5.41, 5.74) is 0.316. The first-order chi connectivity index (χ1) is 10.1. The van der Waals surface area contributed by atoms with Gasteiger partial charge >= 0.3 is 5.97 Å². The van der Waals surface area contributed by atoms with Gasteiger partial charge in [0, 0.05) is 5.57 Å². The van der Waals surface area contributed by atoms with Crippen molar-refractivity contribution >= 4 is 5.97 Å². The van der Waals surface area contributed by atoms with Crippen molar-refractivity contribution in [2.45, 2.75) is 90.1 Å². The van der Waals surface area contributed by atoms with Crippen LogP contribution < -0.4 is 0 Å². The van der Waals surface area contributed by atoms with Crippen molar-refractivity contribution in [3.63, 3.8) is 0 Å². The lowest BCUT2D eigenvalue weighted by molar-refractivity contribution is -0.177. The van der Waals surface area contributed by atoms with Crippen LogP contribution in [0, 0.1) is 11.8 Å². The lowest BCUT2D eigenvalue weighted by Gasteiger charge is -2.48. The Kier molecular flexibility index (Phi) is 5.89. The second-order valence-corrected chi connectivity index (χ2v) is 7.15. The smallest absolute Gasteiger partial charge is 0.333 e. The standard InChI is InChI=1S/C19H32O2/c1-4-19(21-18(20)15(2)3,16-11-7-5-8-12-16)17-13-9-6-10-14-17/h16-17H,2,4-14H2,1,3H3. The molecule has 2 nitrogen and oxygen atoms in total. The van der Waals surface area contributed by atoms with Gasteiger partial charge in [0.1, 0.15) is 5.60 Å². The van der Waals surface area contributed by atoms with E-state index in [4.69, 9.17) is 4.74 Å². The topological polar surface area (TPSA) is 26.3 Å². The number of carbonyl (C=O) groups excluding carboxylic acids is 1. The normalized spacial score (nSPS) is 22.0. The molecule has 0 amide bonds. The minimum absolute atomic E-state index is 0.173. The molecule has 0 aromatic carbocycles. The number of hydrogen-bond acceptors (Lipinski definition) is 2. The number of rotatable bonds is 5. The highest BCUT2D eigenvalue weighted by Crippen LogP contribution is 2.47. The van der Waals surface area contributed by atoms with Crippen LogP contribution in [-0.2, 0) is 9.53 Å². The molecule has 2 aliphatic carbocycles. The van der Waals surface area contributed by atoms with Crippen LogP contribution >= 0.6 is 0 Å². The molecular formula is C19H32O2. The maximum atomic E-state index is 12.3. The largest absolute Gasteiger partial charge is 0.455 e. The molecule has 0 unspecified atom stereocenters. The zero-order chi connectivity index (χ0) is 15.3. The van der Waals surface area contributed by atoms with Gasteiger partial charge in [-0.05, 0) is 50.9 Å². The number of esters is 1. The first-order valence-corrected chi connectivity index (χ1v) is 8.99. The van der Waals surface area contributed by atoms with Crippen molar-refractivity contribution < 1.29 is 9.53 Å². The molecule has 21 heavy (non-hydrogen) atoms. The number of carbonyl (C=O) groups is 1. The molecule has 0 atom stereocenters. The minimum Gasteiger partial charge on any atom is -0.455 e. The highest BCUT2D eigenvalue weighted by molar-refractivity contribution is 5.87. The second kappa shape index (κ2) is 7.47. The Labute approximate surface area is 130 Å². The molecule has 0 bridgehead atoms. The lowest BCUT2D eigenvalue weighted by Crippen LogP contribution is -2.50. The maximum absolute atomic E-state index is 12.3. The zero-order valence-electron chi connectivity index (χ0n) is 14.0. The second-order valence-electron chi connectivity index (χ2n) is 7.15. The van der Waals surface area contributed by atoms with Crippen molar-refractivity contribution in [2.24, 2.45) is 11.8 Å². The molecule has 2 aliphatic rings. The molecule has 2 saturated carbocycles. The van der Waals surface area contributed by atoms with Gasteiger partial charge in [-0.3, -0.25) is 0 Å². The summed E-state index contributed by atoms with van der Waals surface area (Å²) in [7, 11) is 0. The van der Waals surface area contributed by atoms with Gasteiger partial charge in [0.05, 0.1) is 0 Å². The molecule has 0 aromatic heterocycles. The Morgan fingerprint density at radius 1 is 1.00 bits per heavy atom. The van der Waals surface area contributed by atoms with E-state index < -0.39 is 0 Å². The Bertz CT molecular complexity index is 342. The van der Waals surface area contributed by atoms with Crippen molar-refractivity contribution in [3.05, 3.63) is 12.2 Å². The van der Waals surface area contributed by atoms with E-state index in [0.717, 1.165) is 6.42 Å². The first-order valence-electron chi connectivity index (χ1n) is 8.99. The predicted molar refractivity (Wildman–Crippen MR) is 87.1 cm³/mol. The average Bonchev–Trinajstić information content (AvgIpc) is 2.54. The third kappa shape index (κ3) is 3.70. The molecule has 0 spiro atoms. The van der Waals surface area contributed by atoms with Gasteiger partial charge in [0.25, 0.3) is 0 Å². The fourth-order valence-corrected chi connectivity index (χ4v) is 4.59. The van der Waals surface area contributed by atoms with E-state index in [9.17, 15) is 4.79 Å². The van der Waals surface area contributed by atoms with Crippen molar-refractivity contribution in [3.8, 4) is 0 Å².